The van der Waals surface area contributed by atoms with Crippen LogP contribution in [-0.4, -0.2) is 21.9 Å². The van der Waals surface area contributed by atoms with E-state index in [9.17, 15) is 29.2 Å². The molecule has 0 aliphatic carbocycles. The SMILES string of the molecule is Cc1cc(NC(=O)C[C@H](C(=O)O)c2ccc(F)cc2)c([N+](=O)[O-])cc1C. The number of hydrogen-bond acceptors (Lipinski definition) is 4. The minimum atomic E-state index is -1.25. The number of carbonyl (C=O) groups is 2. The van der Waals surface area contributed by atoms with Crippen LogP contribution in [0, 0.1) is 29.8 Å². The number of anilines is 1. The summed E-state index contributed by atoms with van der Waals surface area (Å²) >= 11 is 0. The van der Waals surface area contributed by atoms with Gasteiger partial charge >= 0.3 is 5.97 Å². The number of benzene rings is 2. The van der Waals surface area contributed by atoms with Crippen molar-refractivity contribution in [3.63, 3.8) is 0 Å². The average molecular weight is 360 g/mol. The fraction of sp³-hybridized carbons (Fsp3) is 0.222. The maximum absolute atomic E-state index is 13.0. The quantitative estimate of drug-likeness (QED) is 0.605. The molecule has 7 nitrogen and oxygen atoms in total. The number of nitro benzene ring substituents is 1. The van der Waals surface area contributed by atoms with E-state index >= 15 is 0 Å². The molecule has 0 aliphatic rings. The number of rotatable bonds is 6. The largest absolute Gasteiger partial charge is 0.481 e. The topological polar surface area (TPSA) is 110 Å². The zero-order valence-electron chi connectivity index (χ0n) is 14.2. The van der Waals surface area contributed by atoms with Gasteiger partial charge < -0.3 is 10.4 Å². The molecule has 0 unspecified atom stereocenters. The minimum absolute atomic E-state index is 0.00587. The van der Waals surface area contributed by atoms with E-state index < -0.39 is 35.0 Å². The van der Waals surface area contributed by atoms with Crippen molar-refractivity contribution in [2.24, 2.45) is 0 Å². The first kappa shape index (κ1) is 19.0. The van der Waals surface area contributed by atoms with Gasteiger partial charge in [-0.3, -0.25) is 19.7 Å². The predicted octanol–water partition coefficient (Wildman–Crippen LogP) is 3.55. The average Bonchev–Trinajstić information content (AvgIpc) is 2.56. The van der Waals surface area contributed by atoms with Crippen molar-refractivity contribution in [1.82, 2.24) is 0 Å². The Hall–Kier alpha value is -3.29. The number of carbonyl (C=O) groups excluding carboxylic acids is 1. The van der Waals surface area contributed by atoms with Crippen molar-refractivity contribution in [2.45, 2.75) is 26.2 Å². The molecule has 0 heterocycles. The van der Waals surface area contributed by atoms with Gasteiger partial charge in [0.1, 0.15) is 11.5 Å². The number of nitro groups is 1. The van der Waals surface area contributed by atoms with Crippen LogP contribution < -0.4 is 5.32 Å². The zero-order chi connectivity index (χ0) is 19.4. The first-order valence-corrected chi connectivity index (χ1v) is 7.72. The number of carboxylic acid groups (broad SMARTS) is 1. The molecule has 1 atom stereocenters. The number of hydrogen-bond donors (Lipinski definition) is 2. The summed E-state index contributed by atoms with van der Waals surface area (Å²) < 4.78 is 13.0. The molecule has 0 aromatic heterocycles. The molecule has 0 saturated carbocycles. The van der Waals surface area contributed by atoms with Gasteiger partial charge in [-0.15, -0.1) is 0 Å². The van der Waals surface area contributed by atoms with Crippen molar-refractivity contribution < 1.29 is 24.0 Å². The first-order chi connectivity index (χ1) is 12.2. The third-order valence-corrected chi connectivity index (χ3v) is 4.04. The highest BCUT2D eigenvalue weighted by Gasteiger charge is 2.25. The fourth-order valence-electron chi connectivity index (χ4n) is 2.48. The molecule has 26 heavy (non-hydrogen) atoms. The van der Waals surface area contributed by atoms with Gasteiger partial charge in [-0.1, -0.05) is 12.1 Å². The molecule has 0 fully saturated rings. The molecule has 2 N–H and O–H groups in total. The molecule has 0 bridgehead atoms. The molecule has 0 saturated heterocycles. The molecule has 136 valence electrons. The predicted molar refractivity (Wildman–Crippen MR) is 92.6 cm³/mol. The standard InChI is InChI=1S/C18H17FN2O5/c1-10-7-15(16(21(25)26)8-11(10)2)20-17(22)9-14(18(23)24)12-3-5-13(19)6-4-12/h3-8,14H,9H2,1-2H3,(H,20,22)(H,23,24)/t14-/m0/s1. The van der Waals surface area contributed by atoms with Gasteiger partial charge in [0.05, 0.1) is 10.8 Å². The van der Waals surface area contributed by atoms with Crippen molar-refractivity contribution >= 4 is 23.3 Å². The number of halogens is 1. The third kappa shape index (κ3) is 4.41. The molecule has 1 amide bonds. The second-order valence-corrected chi connectivity index (χ2v) is 5.91. The smallest absolute Gasteiger partial charge is 0.311 e. The Morgan fingerprint density at radius 3 is 2.31 bits per heavy atom. The highest BCUT2D eigenvalue weighted by Crippen LogP contribution is 2.29. The second-order valence-electron chi connectivity index (χ2n) is 5.91. The van der Waals surface area contributed by atoms with E-state index in [0.29, 0.717) is 5.56 Å². The summed E-state index contributed by atoms with van der Waals surface area (Å²) in [6.07, 6.45) is -0.439. The zero-order valence-corrected chi connectivity index (χ0v) is 14.2. The highest BCUT2D eigenvalue weighted by molar-refractivity contribution is 5.96. The lowest BCUT2D eigenvalue weighted by Gasteiger charge is -2.14. The number of nitrogens with one attached hydrogen (secondary N) is 1. The maximum atomic E-state index is 13.0. The number of nitrogens with zero attached hydrogens (tertiary/aromatic N) is 1. The summed E-state index contributed by atoms with van der Waals surface area (Å²) in [6, 6.07) is 7.62. The number of carboxylic acids is 1. The van der Waals surface area contributed by atoms with Crippen LogP contribution in [0.15, 0.2) is 36.4 Å². The van der Waals surface area contributed by atoms with Crippen LogP contribution in [-0.2, 0) is 9.59 Å². The summed E-state index contributed by atoms with van der Waals surface area (Å²) in [5.41, 5.74) is 1.45. The second kappa shape index (κ2) is 7.73. The lowest BCUT2D eigenvalue weighted by Crippen LogP contribution is -2.21. The number of aliphatic carboxylic acids is 1. The van der Waals surface area contributed by atoms with Gasteiger partial charge in [0.2, 0.25) is 5.91 Å². The summed E-state index contributed by atoms with van der Waals surface area (Å²) in [5.74, 6) is -3.65. The van der Waals surface area contributed by atoms with Crippen LogP contribution >= 0.6 is 0 Å². The lowest BCUT2D eigenvalue weighted by atomic mass is 9.95. The Labute approximate surface area is 148 Å². The van der Waals surface area contributed by atoms with Gasteiger partial charge in [-0.2, -0.15) is 0 Å². The Balaban J connectivity index is 2.24. The molecule has 0 spiro atoms. The van der Waals surface area contributed by atoms with Crippen LogP contribution in [0.25, 0.3) is 0 Å². The molecule has 2 aromatic carbocycles. The molecule has 8 heteroatoms. The summed E-state index contributed by atoms with van der Waals surface area (Å²) in [6.45, 7) is 3.45. The third-order valence-electron chi connectivity index (χ3n) is 4.04. The molecule has 2 rings (SSSR count). The van der Waals surface area contributed by atoms with Gasteiger partial charge in [0.25, 0.3) is 5.69 Å². The van der Waals surface area contributed by atoms with Crippen LogP contribution in [0.4, 0.5) is 15.8 Å². The molecule has 0 aliphatic heterocycles. The first-order valence-electron chi connectivity index (χ1n) is 7.72. The van der Waals surface area contributed by atoms with E-state index in [1.165, 1.54) is 24.3 Å². The Morgan fingerprint density at radius 1 is 1.19 bits per heavy atom. The van der Waals surface area contributed by atoms with E-state index in [0.717, 1.165) is 17.7 Å². The van der Waals surface area contributed by atoms with E-state index in [2.05, 4.69) is 5.32 Å². The van der Waals surface area contributed by atoms with E-state index in [1.807, 2.05) is 0 Å². The number of amides is 1. The maximum Gasteiger partial charge on any atom is 0.311 e. The van der Waals surface area contributed by atoms with Crippen molar-refractivity contribution in [1.29, 1.82) is 0 Å². The Bertz CT molecular complexity index is 865. The minimum Gasteiger partial charge on any atom is -0.481 e. The molecular weight excluding hydrogens is 343 g/mol. The van der Waals surface area contributed by atoms with Crippen LogP contribution in [0.3, 0.4) is 0 Å². The van der Waals surface area contributed by atoms with Crippen molar-refractivity contribution in [3.05, 3.63) is 69.0 Å². The summed E-state index contributed by atoms with van der Waals surface area (Å²) in [7, 11) is 0. The van der Waals surface area contributed by atoms with Crippen molar-refractivity contribution in [3.8, 4) is 0 Å². The monoisotopic (exact) mass is 360 g/mol. The Kier molecular flexibility index (Phi) is 5.66. The van der Waals surface area contributed by atoms with E-state index in [4.69, 9.17) is 0 Å². The van der Waals surface area contributed by atoms with Gasteiger partial charge in [0, 0.05) is 12.5 Å². The van der Waals surface area contributed by atoms with E-state index in [1.54, 1.807) is 13.8 Å². The van der Waals surface area contributed by atoms with Crippen LogP contribution in [0.2, 0.25) is 0 Å². The fourth-order valence-corrected chi connectivity index (χ4v) is 2.48. The van der Waals surface area contributed by atoms with Gasteiger partial charge in [0.15, 0.2) is 0 Å². The lowest BCUT2D eigenvalue weighted by molar-refractivity contribution is -0.384. The highest BCUT2D eigenvalue weighted by atomic mass is 19.1. The van der Waals surface area contributed by atoms with Crippen molar-refractivity contribution in [2.75, 3.05) is 5.32 Å². The normalized spacial score (nSPS) is 11.7. The number of aryl methyl sites for hydroxylation is 2. The Morgan fingerprint density at radius 2 is 1.77 bits per heavy atom. The van der Waals surface area contributed by atoms with Crippen LogP contribution in [0.5, 0.6) is 0 Å². The summed E-state index contributed by atoms with van der Waals surface area (Å²) in [5, 5.41) is 22.9. The van der Waals surface area contributed by atoms with Gasteiger partial charge in [-0.05, 0) is 48.7 Å². The molecular formula is C18H17FN2O5. The summed E-state index contributed by atoms with van der Waals surface area (Å²) in [4.78, 5) is 34.3. The van der Waals surface area contributed by atoms with E-state index in [-0.39, 0.29) is 16.9 Å². The molecule has 2 aromatic rings. The van der Waals surface area contributed by atoms with Gasteiger partial charge in [-0.25, -0.2) is 4.39 Å². The molecule has 0 radical (unpaired) electrons. The van der Waals surface area contributed by atoms with Crippen LogP contribution in [0.1, 0.15) is 29.0 Å².